The topological polar surface area (TPSA) is 8.81 Å². The Labute approximate surface area is 182 Å². The molecule has 0 N–H and O–H groups in total. The molecule has 190 valence electrons. The van der Waals surface area contributed by atoms with Gasteiger partial charge in [0.15, 0.2) is 6.54 Å². The van der Waals surface area contributed by atoms with Gasteiger partial charge in [-0.3, -0.25) is 0 Å². The number of rotatable bonds is 6. The number of halogens is 13. The summed E-state index contributed by atoms with van der Waals surface area (Å²) in [6, 6.07) is 6.13. The monoisotopic (exact) mass is 517 g/mol. The molecule has 0 saturated carbocycles. The van der Waals surface area contributed by atoms with Gasteiger partial charge in [-0.2, -0.15) is 61.8 Å². The van der Waals surface area contributed by atoms with Crippen molar-refractivity contribution >= 4 is 0 Å². The van der Waals surface area contributed by atoms with Crippen molar-refractivity contribution in [3.8, 4) is 11.3 Å². The van der Waals surface area contributed by atoms with Crippen molar-refractivity contribution in [1.29, 1.82) is 0 Å². The molecule has 2 heterocycles. The fraction of sp³-hybridized carbons (Fsp3) is 0.526. The summed E-state index contributed by atoms with van der Waals surface area (Å²) in [5.74, 6) is -37.2. The number of fused-ring (bicyclic) bond motifs is 1. The molecule has 0 aliphatic carbocycles. The van der Waals surface area contributed by atoms with Gasteiger partial charge >= 0.3 is 35.8 Å². The van der Waals surface area contributed by atoms with E-state index in [4.69, 9.17) is 0 Å². The molecule has 1 aromatic heterocycles. The van der Waals surface area contributed by atoms with Crippen molar-refractivity contribution in [3.05, 3.63) is 42.1 Å². The minimum atomic E-state index is -7.93. The Bertz CT molecular complexity index is 1040. The zero-order valence-electron chi connectivity index (χ0n) is 16.6. The van der Waals surface area contributed by atoms with Crippen LogP contribution in [-0.2, 0) is 19.0 Å². The summed E-state index contributed by atoms with van der Waals surface area (Å²) in [6.45, 7) is -0.148. The molecule has 0 saturated heterocycles. The maximum absolute atomic E-state index is 15.0. The molecule has 2 nitrogen and oxygen atoms in total. The van der Waals surface area contributed by atoms with Gasteiger partial charge in [0.05, 0.1) is 6.54 Å². The first-order valence-electron chi connectivity index (χ1n) is 9.47. The van der Waals surface area contributed by atoms with Gasteiger partial charge in [-0.25, -0.2) is 0 Å². The highest BCUT2D eigenvalue weighted by Crippen LogP contribution is 2.62. The Hall–Kier alpha value is -2.48. The SMILES string of the molecule is FC(F)(F)C(F)(F)C(F)(F)C(F)(F)C(F)(F)C(F)(F)c1c[n+]2n(c1-c1ccccc1)CCCC2. The second-order valence-corrected chi connectivity index (χ2v) is 7.62. The van der Waals surface area contributed by atoms with E-state index in [1.807, 2.05) is 0 Å². The van der Waals surface area contributed by atoms with Gasteiger partial charge < -0.3 is 0 Å². The van der Waals surface area contributed by atoms with Crippen LogP contribution in [0.15, 0.2) is 36.5 Å². The van der Waals surface area contributed by atoms with Gasteiger partial charge in [0.25, 0.3) is 0 Å². The molecule has 0 atom stereocenters. The second-order valence-electron chi connectivity index (χ2n) is 7.62. The van der Waals surface area contributed by atoms with Crippen LogP contribution in [0.3, 0.4) is 0 Å². The van der Waals surface area contributed by atoms with Gasteiger partial charge in [0.2, 0.25) is 6.20 Å². The Balaban J connectivity index is 2.23. The summed E-state index contributed by atoms with van der Waals surface area (Å²) in [6.07, 6.45) is -6.49. The molecule has 0 radical (unpaired) electrons. The Morgan fingerprint density at radius 1 is 0.647 bits per heavy atom. The van der Waals surface area contributed by atoms with Gasteiger partial charge in [0, 0.05) is 12.0 Å². The molecule has 0 unspecified atom stereocenters. The van der Waals surface area contributed by atoms with Crippen LogP contribution in [0.5, 0.6) is 0 Å². The largest absolute Gasteiger partial charge is 0.460 e. The predicted octanol–water partition coefficient (Wildman–Crippen LogP) is 6.43. The lowest BCUT2D eigenvalue weighted by Gasteiger charge is -2.39. The number of hydrogen-bond donors (Lipinski definition) is 0. The zero-order valence-corrected chi connectivity index (χ0v) is 16.6. The van der Waals surface area contributed by atoms with E-state index in [0.717, 1.165) is 21.5 Å². The molecule has 2 aromatic rings. The molecule has 3 rings (SSSR count). The molecular weight excluding hydrogens is 503 g/mol. The lowest BCUT2D eigenvalue weighted by atomic mass is 9.89. The smallest absolute Gasteiger partial charge is 0.194 e. The molecule has 0 bridgehead atoms. The third kappa shape index (κ3) is 3.44. The third-order valence-electron chi connectivity index (χ3n) is 5.43. The predicted molar refractivity (Wildman–Crippen MR) is 89.0 cm³/mol. The van der Waals surface area contributed by atoms with Crippen LogP contribution in [0.2, 0.25) is 0 Å². The van der Waals surface area contributed by atoms with Crippen LogP contribution >= 0.6 is 0 Å². The van der Waals surface area contributed by atoms with Crippen LogP contribution in [0.4, 0.5) is 57.1 Å². The number of aromatic nitrogens is 2. The summed E-state index contributed by atoms with van der Waals surface area (Å²) in [4.78, 5) is 0. The zero-order chi connectivity index (χ0) is 26.0. The highest BCUT2D eigenvalue weighted by molar-refractivity contribution is 5.64. The molecular formula is C19H14F13N2+. The van der Waals surface area contributed by atoms with E-state index in [1.165, 1.54) is 18.2 Å². The molecule has 1 aromatic carbocycles. The first-order chi connectivity index (χ1) is 15.3. The van der Waals surface area contributed by atoms with E-state index < -0.39 is 47.0 Å². The minimum absolute atomic E-state index is 0.0693. The summed E-state index contributed by atoms with van der Waals surface area (Å²) in [7, 11) is 0. The molecule has 34 heavy (non-hydrogen) atoms. The fourth-order valence-corrected chi connectivity index (χ4v) is 3.58. The standard InChI is InChI=1S/C19H14F13N2/c20-14(21,15(22,23)16(24,25)17(26,27)18(28,29)19(30,31)32)12-10-33-8-4-5-9-34(33)13(12)11-6-2-1-3-7-11/h1-3,6-7,10H,4-5,8-9H2/q+1. The quantitative estimate of drug-likeness (QED) is 0.309. The van der Waals surface area contributed by atoms with Gasteiger partial charge in [-0.1, -0.05) is 30.3 Å². The van der Waals surface area contributed by atoms with Crippen molar-refractivity contribution < 1.29 is 61.8 Å². The molecule has 1 aliphatic heterocycles. The number of aryl methyl sites for hydroxylation is 1. The van der Waals surface area contributed by atoms with Crippen LogP contribution in [0.1, 0.15) is 18.4 Å². The lowest BCUT2D eigenvalue weighted by Crippen LogP contribution is -2.69. The van der Waals surface area contributed by atoms with Crippen molar-refractivity contribution in [3.63, 3.8) is 0 Å². The van der Waals surface area contributed by atoms with Crippen LogP contribution in [-0.4, -0.2) is 34.5 Å². The normalized spacial score (nSPS) is 16.5. The van der Waals surface area contributed by atoms with E-state index in [-0.39, 0.29) is 24.8 Å². The summed E-state index contributed by atoms with van der Waals surface area (Å²) in [5, 5.41) is 0. The maximum Gasteiger partial charge on any atom is 0.460 e. The fourth-order valence-electron chi connectivity index (χ4n) is 3.58. The van der Waals surface area contributed by atoms with Gasteiger partial charge in [-0.15, -0.1) is 4.68 Å². The Morgan fingerprint density at radius 3 is 1.71 bits per heavy atom. The number of benzene rings is 1. The van der Waals surface area contributed by atoms with E-state index in [9.17, 15) is 57.1 Å². The molecule has 1 aliphatic rings. The average Bonchev–Trinajstić information content (AvgIpc) is 3.13. The number of hydrogen-bond acceptors (Lipinski definition) is 0. The van der Waals surface area contributed by atoms with Crippen molar-refractivity contribution in [1.82, 2.24) is 4.68 Å². The first-order valence-corrected chi connectivity index (χ1v) is 9.47. The van der Waals surface area contributed by atoms with Gasteiger partial charge in [0.1, 0.15) is 11.3 Å². The minimum Gasteiger partial charge on any atom is -0.194 e. The van der Waals surface area contributed by atoms with E-state index in [2.05, 4.69) is 0 Å². The van der Waals surface area contributed by atoms with Crippen LogP contribution < -0.4 is 4.68 Å². The van der Waals surface area contributed by atoms with Crippen molar-refractivity contribution in [2.24, 2.45) is 0 Å². The van der Waals surface area contributed by atoms with Crippen LogP contribution in [0.25, 0.3) is 11.3 Å². The van der Waals surface area contributed by atoms with Crippen LogP contribution in [0, 0.1) is 0 Å². The van der Waals surface area contributed by atoms with Crippen molar-refractivity contribution in [2.75, 3.05) is 0 Å². The summed E-state index contributed by atoms with van der Waals surface area (Å²) in [5.41, 5.74) is -2.97. The Kier molecular flexibility index (Phi) is 5.97. The highest BCUT2D eigenvalue weighted by atomic mass is 19.4. The number of alkyl halides is 13. The summed E-state index contributed by atoms with van der Waals surface area (Å²) < 4.78 is 179. The average molecular weight is 517 g/mol. The van der Waals surface area contributed by atoms with E-state index in [1.54, 1.807) is 0 Å². The molecule has 0 fully saturated rings. The second kappa shape index (κ2) is 7.77. The maximum atomic E-state index is 15.0. The van der Waals surface area contributed by atoms with E-state index >= 15 is 0 Å². The molecule has 15 heteroatoms. The molecule has 0 spiro atoms. The van der Waals surface area contributed by atoms with Crippen molar-refractivity contribution in [2.45, 2.75) is 61.7 Å². The number of nitrogens with zero attached hydrogens (tertiary/aromatic N) is 2. The summed E-state index contributed by atoms with van der Waals surface area (Å²) >= 11 is 0. The van der Waals surface area contributed by atoms with Gasteiger partial charge in [-0.05, 0) is 6.42 Å². The highest BCUT2D eigenvalue weighted by Gasteiger charge is 2.91. The third-order valence-corrected chi connectivity index (χ3v) is 5.43. The Morgan fingerprint density at radius 2 is 1.18 bits per heavy atom. The van der Waals surface area contributed by atoms with E-state index in [0.29, 0.717) is 12.8 Å². The first kappa shape index (κ1) is 26.1. The molecule has 0 amide bonds. The lowest BCUT2D eigenvalue weighted by molar-refractivity contribution is -0.781.